The lowest BCUT2D eigenvalue weighted by atomic mass is 9.94. The second kappa shape index (κ2) is 4.89. The maximum Gasteiger partial charge on any atom is 0.355 e. The molecule has 0 aliphatic rings. The first-order valence-electron chi connectivity index (χ1n) is 4.68. The lowest BCUT2D eigenvalue weighted by molar-refractivity contribution is 0.0691. The largest absolute Gasteiger partial charge is 0.476 e. The highest BCUT2D eigenvalue weighted by molar-refractivity contribution is 7.10. The normalized spacial score (nSPS) is 14.2. The molecular formula is C10H12N2O2S. The van der Waals surface area contributed by atoms with Gasteiger partial charge < -0.3 is 5.11 Å². The minimum Gasteiger partial charge on any atom is -0.476 e. The molecule has 1 N–H and O–H groups in total. The quantitative estimate of drug-likeness (QED) is 0.852. The van der Waals surface area contributed by atoms with Gasteiger partial charge in [-0.25, -0.2) is 9.78 Å². The maximum atomic E-state index is 10.6. The van der Waals surface area contributed by atoms with Crippen LogP contribution in [0.15, 0.2) is 5.38 Å². The van der Waals surface area contributed by atoms with Gasteiger partial charge in [0.25, 0.3) is 0 Å². The Bertz CT molecular complexity index is 394. The van der Waals surface area contributed by atoms with Crippen molar-refractivity contribution in [2.75, 3.05) is 0 Å². The summed E-state index contributed by atoms with van der Waals surface area (Å²) < 4.78 is 0. The average Bonchev–Trinajstić information content (AvgIpc) is 2.68. The van der Waals surface area contributed by atoms with Crippen molar-refractivity contribution >= 4 is 17.3 Å². The molecule has 4 nitrogen and oxygen atoms in total. The predicted octanol–water partition coefficient (Wildman–Crippen LogP) is 2.49. The number of hydrogen-bond acceptors (Lipinski definition) is 4. The van der Waals surface area contributed by atoms with Crippen molar-refractivity contribution in [2.24, 2.45) is 5.92 Å². The molecule has 0 amide bonds. The summed E-state index contributed by atoms with van der Waals surface area (Å²) in [4.78, 5) is 14.6. The monoisotopic (exact) mass is 224 g/mol. The number of carboxylic acid groups (broad SMARTS) is 1. The van der Waals surface area contributed by atoms with Gasteiger partial charge in [-0.3, -0.25) is 0 Å². The number of carbonyl (C=O) groups is 1. The summed E-state index contributed by atoms with van der Waals surface area (Å²) in [5.41, 5.74) is 0.0264. The Kier molecular flexibility index (Phi) is 3.81. The molecule has 80 valence electrons. The summed E-state index contributed by atoms with van der Waals surface area (Å²) in [6.45, 7) is 3.97. The van der Waals surface area contributed by atoms with Crippen molar-refractivity contribution in [1.82, 2.24) is 4.98 Å². The van der Waals surface area contributed by atoms with Gasteiger partial charge in [-0.15, -0.1) is 11.3 Å². The van der Waals surface area contributed by atoms with Gasteiger partial charge in [0.15, 0.2) is 5.69 Å². The molecule has 0 fully saturated rings. The maximum absolute atomic E-state index is 10.6. The Hall–Kier alpha value is -1.41. The van der Waals surface area contributed by atoms with Crippen molar-refractivity contribution < 1.29 is 9.90 Å². The molecule has 1 heterocycles. The van der Waals surface area contributed by atoms with Crippen LogP contribution in [-0.4, -0.2) is 16.1 Å². The summed E-state index contributed by atoms with van der Waals surface area (Å²) in [5, 5.41) is 19.8. The van der Waals surface area contributed by atoms with Crippen molar-refractivity contribution in [3.8, 4) is 6.07 Å². The lowest BCUT2D eigenvalue weighted by Gasteiger charge is -2.12. The summed E-state index contributed by atoms with van der Waals surface area (Å²) in [5.74, 6) is -1.14. The first-order chi connectivity index (χ1) is 7.10. The van der Waals surface area contributed by atoms with E-state index >= 15 is 0 Å². The van der Waals surface area contributed by atoms with E-state index in [1.54, 1.807) is 0 Å². The summed E-state index contributed by atoms with van der Waals surface area (Å²) in [6, 6.07) is 2.18. The van der Waals surface area contributed by atoms with Gasteiger partial charge >= 0.3 is 5.97 Å². The molecule has 0 bridgehead atoms. The molecule has 0 saturated heterocycles. The molecule has 1 rings (SSSR count). The van der Waals surface area contributed by atoms with Gasteiger partial charge in [0.05, 0.1) is 6.07 Å². The van der Waals surface area contributed by atoms with Gasteiger partial charge in [-0.2, -0.15) is 5.26 Å². The van der Waals surface area contributed by atoms with Crippen LogP contribution < -0.4 is 0 Å². The number of aromatic nitrogens is 1. The van der Waals surface area contributed by atoms with Crippen LogP contribution in [-0.2, 0) is 0 Å². The molecule has 0 aromatic carbocycles. The molecule has 1 aromatic heterocycles. The van der Waals surface area contributed by atoms with Crippen LogP contribution in [0.1, 0.15) is 41.7 Å². The van der Waals surface area contributed by atoms with Crippen molar-refractivity contribution in [3.63, 3.8) is 0 Å². The zero-order valence-corrected chi connectivity index (χ0v) is 9.41. The number of rotatable bonds is 4. The Morgan fingerprint density at radius 2 is 2.47 bits per heavy atom. The number of nitriles is 1. The Balaban J connectivity index is 2.94. The molecule has 0 saturated carbocycles. The van der Waals surface area contributed by atoms with Crippen LogP contribution in [0.4, 0.5) is 0 Å². The fourth-order valence-electron chi connectivity index (χ4n) is 1.19. The van der Waals surface area contributed by atoms with Crippen molar-refractivity contribution in [3.05, 3.63) is 16.1 Å². The Labute approximate surface area is 92.2 Å². The van der Waals surface area contributed by atoms with Gasteiger partial charge in [-0.05, 0) is 5.92 Å². The zero-order chi connectivity index (χ0) is 11.4. The molecule has 5 heteroatoms. The third kappa shape index (κ3) is 2.54. The molecular weight excluding hydrogens is 212 g/mol. The number of aromatic carboxylic acids is 1. The van der Waals surface area contributed by atoms with Crippen LogP contribution >= 0.6 is 11.3 Å². The van der Waals surface area contributed by atoms with E-state index in [1.165, 1.54) is 16.7 Å². The highest BCUT2D eigenvalue weighted by Gasteiger charge is 2.22. The van der Waals surface area contributed by atoms with E-state index in [9.17, 15) is 4.79 Å². The summed E-state index contributed by atoms with van der Waals surface area (Å²) in [6.07, 6.45) is 0.875. The van der Waals surface area contributed by atoms with E-state index in [0.29, 0.717) is 5.01 Å². The highest BCUT2D eigenvalue weighted by Crippen LogP contribution is 2.28. The van der Waals surface area contributed by atoms with Crippen LogP contribution in [0.25, 0.3) is 0 Å². The van der Waals surface area contributed by atoms with E-state index < -0.39 is 5.97 Å². The third-order valence-electron chi connectivity index (χ3n) is 2.36. The first-order valence-corrected chi connectivity index (χ1v) is 5.56. The summed E-state index contributed by atoms with van der Waals surface area (Å²) >= 11 is 1.24. The van der Waals surface area contributed by atoms with Crippen LogP contribution in [0.3, 0.4) is 0 Å². The van der Waals surface area contributed by atoms with Crippen molar-refractivity contribution in [1.29, 1.82) is 5.26 Å². The van der Waals surface area contributed by atoms with E-state index in [-0.39, 0.29) is 17.5 Å². The molecule has 0 spiro atoms. The second-order valence-corrected chi connectivity index (χ2v) is 4.26. The fourth-order valence-corrected chi connectivity index (χ4v) is 2.16. The minimum absolute atomic E-state index is 0.0264. The molecule has 0 aliphatic heterocycles. The minimum atomic E-state index is -1.04. The van der Waals surface area contributed by atoms with E-state index in [2.05, 4.69) is 11.1 Å². The first kappa shape index (κ1) is 11.7. The molecule has 15 heavy (non-hydrogen) atoms. The van der Waals surface area contributed by atoms with Gasteiger partial charge in [0.1, 0.15) is 10.9 Å². The lowest BCUT2D eigenvalue weighted by Crippen LogP contribution is -2.07. The van der Waals surface area contributed by atoms with Crippen LogP contribution in [0, 0.1) is 17.2 Å². The van der Waals surface area contributed by atoms with Gasteiger partial charge in [-0.1, -0.05) is 20.3 Å². The molecule has 0 aliphatic carbocycles. The molecule has 2 atom stereocenters. The smallest absolute Gasteiger partial charge is 0.355 e. The SMILES string of the molecule is CC[C@@H](C)[C@H](C#N)c1nc(C(=O)O)cs1. The number of thiazole rings is 1. The fraction of sp³-hybridized carbons (Fsp3) is 0.500. The number of nitrogens with zero attached hydrogens (tertiary/aromatic N) is 2. The van der Waals surface area contributed by atoms with Crippen LogP contribution in [0.2, 0.25) is 0 Å². The third-order valence-corrected chi connectivity index (χ3v) is 3.29. The molecule has 1 aromatic rings. The van der Waals surface area contributed by atoms with Crippen LogP contribution in [0.5, 0.6) is 0 Å². The van der Waals surface area contributed by atoms with Crippen molar-refractivity contribution in [2.45, 2.75) is 26.2 Å². The predicted molar refractivity (Wildman–Crippen MR) is 56.9 cm³/mol. The molecule has 0 unspecified atom stereocenters. The number of hydrogen-bond donors (Lipinski definition) is 1. The van der Waals surface area contributed by atoms with E-state index in [0.717, 1.165) is 6.42 Å². The van der Waals surface area contributed by atoms with Gasteiger partial charge in [0, 0.05) is 5.38 Å². The van der Waals surface area contributed by atoms with E-state index in [1.807, 2.05) is 13.8 Å². The molecule has 0 radical (unpaired) electrons. The highest BCUT2D eigenvalue weighted by atomic mass is 32.1. The van der Waals surface area contributed by atoms with E-state index in [4.69, 9.17) is 10.4 Å². The standard InChI is InChI=1S/C10H12N2O2S/c1-3-6(2)7(4-11)9-12-8(5-15-9)10(13)14/h5-7H,3H2,1-2H3,(H,13,14)/t6-,7+/m1/s1. The Morgan fingerprint density at radius 1 is 1.80 bits per heavy atom. The topological polar surface area (TPSA) is 74.0 Å². The summed E-state index contributed by atoms with van der Waals surface area (Å²) in [7, 11) is 0. The number of carboxylic acids is 1. The Morgan fingerprint density at radius 3 is 2.87 bits per heavy atom. The zero-order valence-electron chi connectivity index (χ0n) is 8.60. The van der Waals surface area contributed by atoms with Gasteiger partial charge in [0.2, 0.25) is 0 Å². The average molecular weight is 224 g/mol. The second-order valence-electron chi connectivity index (χ2n) is 3.37.